The number of piperazine rings is 1. The summed E-state index contributed by atoms with van der Waals surface area (Å²) in [5, 5.41) is 10.4. The van der Waals surface area contributed by atoms with Crippen LogP contribution in [0.15, 0.2) is 77.5 Å². The van der Waals surface area contributed by atoms with Gasteiger partial charge in [-0.15, -0.1) is 0 Å². The molecule has 4 aromatic rings. The van der Waals surface area contributed by atoms with Crippen molar-refractivity contribution in [2.24, 2.45) is 0 Å². The molecule has 0 amide bonds. The highest BCUT2D eigenvalue weighted by Crippen LogP contribution is 2.36. The van der Waals surface area contributed by atoms with Crippen molar-refractivity contribution in [2.45, 2.75) is 13.0 Å². The van der Waals surface area contributed by atoms with E-state index in [-0.39, 0.29) is 12.6 Å². The highest BCUT2D eigenvalue weighted by molar-refractivity contribution is 6.30. The minimum atomic E-state index is -0.939. The lowest BCUT2D eigenvalue weighted by molar-refractivity contribution is -0.135. The first-order valence-corrected chi connectivity index (χ1v) is 12.9. The monoisotopic (exact) mass is 532 g/mol. The lowest BCUT2D eigenvalue weighted by Gasteiger charge is -2.38. The Balaban J connectivity index is 1.40. The van der Waals surface area contributed by atoms with Gasteiger partial charge in [0.2, 0.25) is 17.7 Å². The fourth-order valence-corrected chi connectivity index (χ4v) is 4.76. The van der Waals surface area contributed by atoms with Gasteiger partial charge in [0.25, 0.3) is 0 Å². The second-order valence-electron chi connectivity index (χ2n) is 9.25. The third kappa shape index (κ3) is 5.95. The van der Waals surface area contributed by atoms with Gasteiger partial charge in [-0.05, 0) is 37.3 Å². The van der Waals surface area contributed by atoms with E-state index in [9.17, 15) is 9.90 Å². The number of anilines is 2. The maximum Gasteiger partial charge on any atom is 0.323 e. The smallest absolute Gasteiger partial charge is 0.323 e. The summed E-state index contributed by atoms with van der Waals surface area (Å²) in [6, 6.07) is 18.6. The van der Waals surface area contributed by atoms with Crippen LogP contribution in [0.2, 0.25) is 5.02 Å². The summed E-state index contributed by atoms with van der Waals surface area (Å²) in [6.07, 6.45) is 3.50. The molecule has 1 saturated heterocycles. The van der Waals surface area contributed by atoms with Crippen molar-refractivity contribution in [3.8, 4) is 22.7 Å². The number of carboxylic acids is 1. The average molecular weight is 533 g/mol. The van der Waals surface area contributed by atoms with Crippen LogP contribution in [0.5, 0.6) is 0 Å². The third-order valence-corrected chi connectivity index (χ3v) is 6.83. The number of carbonyl (C=O) groups is 1. The number of halogens is 1. The van der Waals surface area contributed by atoms with E-state index in [0.29, 0.717) is 29.0 Å². The number of aromatic nitrogens is 3. The van der Waals surface area contributed by atoms with Crippen LogP contribution >= 0.6 is 11.6 Å². The van der Waals surface area contributed by atoms with Gasteiger partial charge < -0.3 is 19.3 Å². The van der Waals surface area contributed by atoms with Gasteiger partial charge in [0.05, 0.1) is 0 Å². The van der Waals surface area contributed by atoms with Crippen molar-refractivity contribution in [1.29, 1.82) is 0 Å². The van der Waals surface area contributed by atoms with Crippen molar-refractivity contribution in [1.82, 2.24) is 19.9 Å². The van der Waals surface area contributed by atoms with Gasteiger partial charge in [0, 0.05) is 67.3 Å². The van der Waals surface area contributed by atoms with E-state index >= 15 is 0 Å². The Labute approximate surface area is 226 Å². The van der Waals surface area contributed by atoms with E-state index < -0.39 is 5.97 Å². The summed E-state index contributed by atoms with van der Waals surface area (Å²) < 4.78 is 6.31. The Bertz CT molecular complexity index is 1340. The van der Waals surface area contributed by atoms with Gasteiger partial charge in [0.15, 0.2) is 0 Å². The number of oxazole rings is 1. The standard InChI is InChI=1S/C28H29ClN6O3/c1-20(18-33-14-16-34(17-15-33)28-30-12-5-13-31-28)35(19-24(36)37)27-25(21-6-3-2-4-7-21)32-26(38-27)22-8-10-23(29)11-9-22/h2-13,20H,14-19H2,1H3,(H,36,37). The molecule has 1 aliphatic rings. The lowest BCUT2D eigenvalue weighted by atomic mass is 10.1. The Hall–Kier alpha value is -3.95. The molecule has 1 aliphatic heterocycles. The Morgan fingerprint density at radius 2 is 1.68 bits per heavy atom. The van der Waals surface area contributed by atoms with Crippen LogP contribution in [0.3, 0.4) is 0 Å². The summed E-state index contributed by atoms with van der Waals surface area (Å²) in [5.74, 6) is 0.643. The van der Waals surface area contributed by atoms with Crippen LogP contribution in [0.1, 0.15) is 6.92 Å². The molecule has 1 fully saturated rings. The minimum absolute atomic E-state index is 0.154. The highest BCUT2D eigenvalue weighted by atomic mass is 35.5. The summed E-state index contributed by atoms with van der Waals surface area (Å²) in [6.45, 7) is 5.72. The average Bonchev–Trinajstić information content (AvgIpc) is 3.38. The summed E-state index contributed by atoms with van der Waals surface area (Å²) in [5.41, 5.74) is 2.22. The molecule has 0 bridgehead atoms. The minimum Gasteiger partial charge on any atom is -0.480 e. The molecule has 0 aliphatic carbocycles. The molecule has 196 valence electrons. The number of nitrogens with zero attached hydrogens (tertiary/aromatic N) is 6. The molecule has 1 unspecified atom stereocenters. The van der Waals surface area contributed by atoms with E-state index in [4.69, 9.17) is 21.0 Å². The van der Waals surface area contributed by atoms with E-state index in [1.807, 2.05) is 55.5 Å². The maximum absolute atomic E-state index is 12.0. The topological polar surface area (TPSA) is 98.8 Å². The summed E-state index contributed by atoms with van der Waals surface area (Å²) >= 11 is 6.08. The zero-order valence-electron chi connectivity index (χ0n) is 21.1. The third-order valence-electron chi connectivity index (χ3n) is 6.58. The van der Waals surface area contributed by atoms with Gasteiger partial charge in [-0.1, -0.05) is 41.9 Å². The van der Waals surface area contributed by atoms with E-state index in [1.54, 1.807) is 29.4 Å². The molecule has 10 heteroatoms. The van der Waals surface area contributed by atoms with Crippen molar-refractivity contribution in [3.05, 3.63) is 78.1 Å². The summed E-state index contributed by atoms with van der Waals surface area (Å²) in [4.78, 5) is 31.8. The van der Waals surface area contributed by atoms with Crippen LogP contribution in [-0.4, -0.2) is 76.2 Å². The first-order chi connectivity index (χ1) is 18.5. The molecule has 1 N–H and O–H groups in total. The second kappa shape index (κ2) is 11.6. The number of rotatable bonds is 9. The number of carboxylic acid groups (broad SMARTS) is 1. The predicted octanol–water partition coefficient (Wildman–Crippen LogP) is 4.55. The van der Waals surface area contributed by atoms with Crippen LogP contribution in [-0.2, 0) is 4.79 Å². The van der Waals surface area contributed by atoms with Gasteiger partial charge in [-0.25, -0.2) is 15.0 Å². The molecule has 9 nitrogen and oxygen atoms in total. The fourth-order valence-electron chi connectivity index (χ4n) is 4.64. The van der Waals surface area contributed by atoms with Crippen LogP contribution in [0.25, 0.3) is 22.7 Å². The number of aliphatic carboxylic acids is 1. The van der Waals surface area contributed by atoms with E-state index in [2.05, 4.69) is 19.8 Å². The first-order valence-electron chi connectivity index (χ1n) is 12.5. The summed E-state index contributed by atoms with van der Waals surface area (Å²) in [7, 11) is 0. The van der Waals surface area contributed by atoms with E-state index in [1.165, 1.54) is 0 Å². The SMILES string of the molecule is CC(CN1CCN(c2ncccn2)CC1)N(CC(=O)O)c1oc(-c2ccc(Cl)cc2)nc1-c1ccccc1. The molecule has 2 aromatic heterocycles. The molecule has 0 saturated carbocycles. The molecular formula is C28H29ClN6O3. The van der Waals surface area contributed by atoms with Gasteiger partial charge in [-0.2, -0.15) is 0 Å². The Kier molecular flexibility index (Phi) is 7.86. The molecule has 0 radical (unpaired) electrons. The number of hydrogen-bond acceptors (Lipinski definition) is 8. The second-order valence-corrected chi connectivity index (χ2v) is 9.69. The normalized spacial score (nSPS) is 14.8. The molecule has 3 heterocycles. The largest absolute Gasteiger partial charge is 0.480 e. The van der Waals surface area contributed by atoms with E-state index in [0.717, 1.165) is 43.3 Å². The number of benzene rings is 2. The van der Waals surface area contributed by atoms with Gasteiger partial charge in [0.1, 0.15) is 12.2 Å². The molecular weight excluding hydrogens is 504 g/mol. The maximum atomic E-state index is 12.0. The first kappa shape index (κ1) is 25.7. The molecule has 1 atom stereocenters. The van der Waals surface area contributed by atoms with Crippen LogP contribution in [0, 0.1) is 0 Å². The zero-order valence-corrected chi connectivity index (χ0v) is 21.8. The van der Waals surface area contributed by atoms with Gasteiger partial charge >= 0.3 is 5.97 Å². The van der Waals surface area contributed by atoms with Crippen molar-refractivity contribution in [3.63, 3.8) is 0 Å². The Morgan fingerprint density at radius 1 is 1.00 bits per heavy atom. The molecule has 38 heavy (non-hydrogen) atoms. The van der Waals surface area contributed by atoms with Crippen LogP contribution < -0.4 is 9.80 Å². The fraction of sp³-hybridized carbons (Fsp3) is 0.286. The molecule has 2 aromatic carbocycles. The molecule has 5 rings (SSSR count). The quantitative estimate of drug-likeness (QED) is 0.332. The van der Waals surface area contributed by atoms with Crippen molar-refractivity contribution < 1.29 is 14.3 Å². The van der Waals surface area contributed by atoms with Crippen molar-refractivity contribution in [2.75, 3.05) is 49.1 Å². The predicted molar refractivity (Wildman–Crippen MR) is 148 cm³/mol. The highest BCUT2D eigenvalue weighted by Gasteiger charge is 2.29. The lowest BCUT2D eigenvalue weighted by Crippen LogP contribution is -2.52. The zero-order chi connectivity index (χ0) is 26.5. The van der Waals surface area contributed by atoms with Crippen molar-refractivity contribution >= 4 is 29.4 Å². The molecule has 0 spiro atoms. The van der Waals surface area contributed by atoms with Gasteiger partial charge in [-0.3, -0.25) is 9.69 Å². The number of hydrogen-bond donors (Lipinski definition) is 1. The van der Waals surface area contributed by atoms with Crippen LogP contribution in [0.4, 0.5) is 11.8 Å². The Morgan fingerprint density at radius 3 is 2.34 bits per heavy atom.